The van der Waals surface area contributed by atoms with E-state index in [1.54, 1.807) is 0 Å². The molecule has 2 fully saturated rings. The van der Waals surface area contributed by atoms with Crippen molar-refractivity contribution in [1.82, 2.24) is 10.0 Å². The van der Waals surface area contributed by atoms with Crippen LogP contribution in [-0.4, -0.2) is 36.2 Å². The van der Waals surface area contributed by atoms with Gasteiger partial charge in [-0.25, -0.2) is 0 Å². The van der Waals surface area contributed by atoms with Crippen LogP contribution in [0, 0.1) is 0 Å². The molecule has 0 aromatic rings. The van der Waals surface area contributed by atoms with Crippen molar-refractivity contribution in [2.75, 3.05) is 26.2 Å². The summed E-state index contributed by atoms with van der Waals surface area (Å²) in [6.07, 6.45) is 2.55. The zero-order chi connectivity index (χ0) is 6.81. The fraction of sp³-hybridized carbons (Fsp3) is 1.00. The second kappa shape index (κ2) is 2.44. The van der Waals surface area contributed by atoms with Gasteiger partial charge in [0.25, 0.3) is 0 Å². The van der Waals surface area contributed by atoms with Crippen molar-refractivity contribution < 1.29 is 0 Å². The molecule has 2 saturated heterocycles. The van der Waals surface area contributed by atoms with Gasteiger partial charge in [-0.3, -0.25) is 10.0 Å². The molecule has 0 aliphatic carbocycles. The smallest absolute Gasteiger partial charge is 0.0395 e. The fourth-order valence-corrected chi connectivity index (χ4v) is 0.891. The van der Waals surface area contributed by atoms with Gasteiger partial charge in [0, 0.05) is 26.2 Å². The molecule has 0 atom stereocenters. The Labute approximate surface area is 60.5 Å². The Morgan fingerprint density at radius 1 is 0.700 bits per heavy atom. The lowest BCUT2D eigenvalue weighted by atomic mass is 10.3. The first-order chi connectivity index (χ1) is 4.95. The van der Waals surface area contributed by atoms with Crippen LogP contribution in [0.2, 0.25) is 0 Å². The van der Waals surface area contributed by atoms with E-state index in [4.69, 9.17) is 0 Å². The molecule has 0 N–H and O–H groups in total. The number of hydrogen-bond donors (Lipinski definition) is 0. The molecule has 0 aromatic carbocycles. The molecular weight excluding hydrogens is 128 g/mol. The summed E-state index contributed by atoms with van der Waals surface area (Å²) < 4.78 is 0. The zero-order valence-electron chi connectivity index (χ0n) is 6.03. The van der Waals surface area contributed by atoms with Crippen LogP contribution in [0.1, 0.15) is 12.8 Å². The number of hydrogen-bond acceptors (Lipinski definition) is 2. The van der Waals surface area contributed by atoms with Crippen LogP contribution in [0.5, 0.6) is 0 Å². The Kier molecular flexibility index (Phi) is 1.45. The minimum Gasteiger partial charge on any atom is -0.277 e. The average Bonchev–Trinajstić information content (AvgIpc) is 1.70. The monoisotopic (exact) mass is 140 g/mol. The Balaban J connectivity index is 1.70. The largest absolute Gasteiger partial charge is 0.277 e. The molecule has 0 aromatic heterocycles. The lowest BCUT2D eigenvalue weighted by Crippen LogP contribution is -2.35. The highest BCUT2D eigenvalue weighted by molar-refractivity contribution is 4.64. The molecule has 2 aliphatic heterocycles. The summed E-state index contributed by atoms with van der Waals surface area (Å²) in [7, 11) is 0. The third-order valence-electron chi connectivity index (χ3n) is 1.96. The van der Waals surface area contributed by atoms with Crippen molar-refractivity contribution in [2.24, 2.45) is 10.4 Å². The van der Waals surface area contributed by atoms with Crippen LogP contribution in [-0.2, 0) is 0 Å². The molecular formula is C6H12N4. The molecule has 0 spiro atoms. The van der Waals surface area contributed by atoms with E-state index in [-0.39, 0.29) is 0 Å². The quantitative estimate of drug-likeness (QED) is 0.528. The highest BCUT2D eigenvalue weighted by Gasteiger charge is 2.14. The van der Waals surface area contributed by atoms with E-state index in [1.807, 2.05) is 10.0 Å². The topological polar surface area (TPSA) is 31.2 Å². The van der Waals surface area contributed by atoms with Gasteiger partial charge in [-0.1, -0.05) is 10.4 Å². The lowest BCUT2D eigenvalue weighted by Gasteiger charge is -2.30. The summed E-state index contributed by atoms with van der Waals surface area (Å²) >= 11 is 0. The minimum absolute atomic E-state index is 1.09. The summed E-state index contributed by atoms with van der Waals surface area (Å²) in [5, 5.41) is 12.1. The third kappa shape index (κ3) is 1.05. The van der Waals surface area contributed by atoms with Gasteiger partial charge in [-0.15, -0.1) is 0 Å². The first kappa shape index (κ1) is 5.95. The highest BCUT2D eigenvalue weighted by Crippen LogP contribution is 2.10. The van der Waals surface area contributed by atoms with Crippen molar-refractivity contribution >= 4 is 0 Å². The summed E-state index contributed by atoms with van der Waals surface area (Å²) in [6.45, 7) is 4.38. The highest BCUT2D eigenvalue weighted by atomic mass is 15.7. The Bertz CT molecular complexity index is 121. The molecule has 56 valence electrons. The van der Waals surface area contributed by atoms with E-state index in [2.05, 4.69) is 10.4 Å². The second-order valence-electron chi connectivity index (χ2n) is 2.79. The first-order valence-electron chi connectivity index (χ1n) is 3.86. The van der Waals surface area contributed by atoms with Crippen molar-refractivity contribution in [3.8, 4) is 0 Å². The summed E-state index contributed by atoms with van der Waals surface area (Å²) in [5.41, 5.74) is 0. The van der Waals surface area contributed by atoms with E-state index in [0.717, 1.165) is 26.2 Å². The van der Waals surface area contributed by atoms with E-state index in [1.165, 1.54) is 12.8 Å². The van der Waals surface area contributed by atoms with Gasteiger partial charge in [0.05, 0.1) is 0 Å². The number of rotatable bonds is 2. The SMILES string of the molecule is C1CN(/N=N/N2CCC2)C1. The molecule has 0 unspecified atom stereocenters. The van der Waals surface area contributed by atoms with Crippen molar-refractivity contribution in [1.29, 1.82) is 0 Å². The minimum atomic E-state index is 1.09. The van der Waals surface area contributed by atoms with Gasteiger partial charge >= 0.3 is 0 Å². The maximum absolute atomic E-state index is 4.04. The van der Waals surface area contributed by atoms with Gasteiger partial charge < -0.3 is 0 Å². The predicted octanol–water partition coefficient (Wildman–Crippen LogP) is 0.680. The molecule has 2 heterocycles. The number of nitrogens with zero attached hydrogens (tertiary/aromatic N) is 4. The molecule has 2 rings (SSSR count). The molecule has 0 saturated carbocycles. The van der Waals surface area contributed by atoms with Gasteiger partial charge in [0.15, 0.2) is 0 Å². The predicted molar refractivity (Wildman–Crippen MR) is 37.2 cm³/mol. The Morgan fingerprint density at radius 2 is 1.10 bits per heavy atom. The van der Waals surface area contributed by atoms with Crippen LogP contribution in [0.3, 0.4) is 0 Å². The maximum Gasteiger partial charge on any atom is 0.0395 e. The van der Waals surface area contributed by atoms with E-state index >= 15 is 0 Å². The Hall–Kier alpha value is -0.800. The fourth-order valence-electron chi connectivity index (χ4n) is 0.891. The summed E-state index contributed by atoms with van der Waals surface area (Å²) in [6, 6.07) is 0. The van der Waals surface area contributed by atoms with Gasteiger partial charge in [-0.05, 0) is 12.8 Å². The van der Waals surface area contributed by atoms with E-state index < -0.39 is 0 Å². The summed E-state index contributed by atoms with van der Waals surface area (Å²) in [5.74, 6) is 0. The lowest BCUT2D eigenvalue weighted by molar-refractivity contribution is 0.112. The van der Waals surface area contributed by atoms with Crippen LogP contribution in [0.25, 0.3) is 0 Å². The molecule has 10 heavy (non-hydrogen) atoms. The van der Waals surface area contributed by atoms with Crippen LogP contribution < -0.4 is 0 Å². The molecule has 2 aliphatic rings. The van der Waals surface area contributed by atoms with Crippen LogP contribution in [0.15, 0.2) is 10.4 Å². The zero-order valence-corrected chi connectivity index (χ0v) is 6.03. The van der Waals surface area contributed by atoms with E-state index in [0.29, 0.717) is 0 Å². The normalized spacial score (nSPS) is 24.8. The molecule has 0 amide bonds. The molecule has 0 bridgehead atoms. The molecule has 0 radical (unpaired) electrons. The van der Waals surface area contributed by atoms with Crippen molar-refractivity contribution in [3.05, 3.63) is 0 Å². The maximum atomic E-state index is 4.04. The van der Waals surface area contributed by atoms with Gasteiger partial charge in [-0.2, -0.15) is 0 Å². The molecule has 4 nitrogen and oxygen atoms in total. The van der Waals surface area contributed by atoms with E-state index in [9.17, 15) is 0 Å². The third-order valence-corrected chi connectivity index (χ3v) is 1.96. The van der Waals surface area contributed by atoms with Gasteiger partial charge in [0.1, 0.15) is 0 Å². The summed E-state index contributed by atoms with van der Waals surface area (Å²) in [4.78, 5) is 0. The average molecular weight is 140 g/mol. The standard InChI is InChI=1S/C6H12N4/c1-3-9(4-1)7-8-10-5-2-6-10/h1-6H2/b8-7+. The van der Waals surface area contributed by atoms with Gasteiger partial charge in [0.2, 0.25) is 0 Å². The Morgan fingerprint density at radius 3 is 1.30 bits per heavy atom. The van der Waals surface area contributed by atoms with Crippen molar-refractivity contribution in [2.45, 2.75) is 12.8 Å². The van der Waals surface area contributed by atoms with Crippen molar-refractivity contribution in [3.63, 3.8) is 0 Å². The van der Waals surface area contributed by atoms with Crippen LogP contribution in [0.4, 0.5) is 0 Å². The van der Waals surface area contributed by atoms with Crippen LogP contribution >= 0.6 is 0 Å². The first-order valence-corrected chi connectivity index (χ1v) is 3.86. The molecule has 4 heteroatoms. The second-order valence-corrected chi connectivity index (χ2v) is 2.79.